The molecule has 4 aliphatic rings. The Kier molecular flexibility index (Phi) is 5.16. The van der Waals surface area contributed by atoms with Gasteiger partial charge in [-0.05, 0) is 83.5 Å². The highest BCUT2D eigenvalue weighted by atomic mass is 16.6. The minimum atomic E-state index is -0.521. The molecule has 0 heterocycles. The van der Waals surface area contributed by atoms with Crippen molar-refractivity contribution in [3.63, 3.8) is 0 Å². The summed E-state index contributed by atoms with van der Waals surface area (Å²) in [4.78, 5) is 23.9. The third kappa shape index (κ3) is 4.02. The van der Waals surface area contributed by atoms with Crippen molar-refractivity contribution < 1.29 is 23.8 Å². The summed E-state index contributed by atoms with van der Waals surface area (Å²) in [6.07, 6.45) is 6.22. The van der Waals surface area contributed by atoms with Crippen LogP contribution in [-0.2, 0) is 23.8 Å². The second-order valence-corrected chi connectivity index (χ2v) is 9.40. The maximum atomic E-state index is 12.2. The van der Waals surface area contributed by atoms with E-state index in [1.807, 2.05) is 0 Å². The zero-order chi connectivity index (χ0) is 18.2. The van der Waals surface area contributed by atoms with Crippen LogP contribution in [0.2, 0.25) is 0 Å². The number of carbonyl (C=O) groups excluding carboxylic acids is 2. The highest BCUT2D eigenvalue weighted by Crippen LogP contribution is 2.59. The molecule has 4 rings (SSSR count). The third-order valence-corrected chi connectivity index (χ3v) is 6.39. The molecule has 5 nitrogen and oxygen atoms in total. The van der Waals surface area contributed by atoms with E-state index < -0.39 is 5.41 Å². The predicted octanol–water partition coefficient (Wildman–Crippen LogP) is 3.35. The lowest BCUT2D eigenvalue weighted by molar-refractivity contribution is -0.206. The first kappa shape index (κ1) is 18.7. The smallest absolute Gasteiger partial charge is 0.332 e. The van der Waals surface area contributed by atoms with Crippen LogP contribution in [-0.4, -0.2) is 37.4 Å². The summed E-state index contributed by atoms with van der Waals surface area (Å²) < 4.78 is 16.4. The van der Waals surface area contributed by atoms with Crippen LogP contribution in [0, 0.1) is 29.1 Å². The lowest BCUT2D eigenvalue weighted by Gasteiger charge is -2.59. The fraction of sp³-hybridized carbons (Fsp3) is 0.900. The van der Waals surface area contributed by atoms with Crippen LogP contribution in [0.1, 0.15) is 59.8 Å². The van der Waals surface area contributed by atoms with E-state index in [2.05, 4.69) is 6.92 Å². The molecule has 0 unspecified atom stereocenters. The SMILES string of the molecule is CC(C)(C)C(=O)OCCOCC(=O)OC1(C)C2CC3CC(C2)CC1C3. The van der Waals surface area contributed by atoms with Gasteiger partial charge in [-0.1, -0.05) is 0 Å². The number of rotatable bonds is 6. The molecule has 0 atom stereocenters. The van der Waals surface area contributed by atoms with Gasteiger partial charge in [0.05, 0.1) is 12.0 Å². The van der Waals surface area contributed by atoms with Crippen LogP contribution in [0.3, 0.4) is 0 Å². The Morgan fingerprint density at radius 2 is 1.52 bits per heavy atom. The molecule has 25 heavy (non-hydrogen) atoms. The van der Waals surface area contributed by atoms with Crippen molar-refractivity contribution in [2.45, 2.75) is 65.4 Å². The maximum Gasteiger partial charge on any atom is 0.332 e. The molecule has 4 aliphatic carbocycles. The van der Waals surface area contributed by atoms with Crippen molar-refractivity contribution in [2.24, 2.45) is 29.1 Å². The lowest BCUT2D eigenvalue weighted by atomic mass is 9.50. The molecule has 0 aromatic heterocycles. The van der Waals surface area contributed by atoms with Crippen molar-refractivity contribution in [3.05, 3.63) is 0 Å². The standard InChI is InChI=1S/C20H32O5/c1-19(2,3)18(22)24-6-5-23-12-17(21)25-20(4)15-8-13-7-14(10-15)11-16(20)9-13/h13-16H,5-12H2,1-4H3. The third-order valence-electron chi connectivity index (χ3n) is 6.39. The molecule has 4 saturated carbocycles. The Hall–Kier alpha value is -1.10. The van der Waals surface area contributed by atoms with Crippen LogP contribution in [0.15, 0.2) is 0 Å². The van der Waals surface area contributed by atoms with E-state index in [-0.39, 0.29) is 37.4 Å². The number of carbonyl (C=O) groups is 2. The van der Waals surface area contributed by atoms with Crippen LogP contribution in [0.4, 0.5) is 0 Å². The van der Waals surface area contributed by atoms with Gasteiger partial charge in [0.15, 0.2) is 0 Å². The Balaban J connectivity index is 1.39. The maximum absolute atomic E-state index is 12.2. The Morgan fingerprint density at radius 1 is 0.960 bits per heavy atom. The number of esters is 2. The lowest BCUT2D eigenvalue weighted by Crippen LogP contribution is -2.58. The Labute approximate surface area is 150 Å². The van der Waals surface area contributed by atoms with Gasteiger partial charge in [-0.3, -0.25) is 4.79 Å². The van der Waals surface area contributed by atoms with E-state index in [9.17, 15) is 9.59 Å². The highest BCUT2D eigenvalue weighted by molar-refractivity contribution is 5.75. The van der Waals surface area contributed by atoms with Crippen molar-refractivity contribution in [3.8, 4) is 0 Å². The molecule has 0 radical (unpaired) electrons. The van der Waals surface area contributed by atoms with E-state index in [1.54, 1.807) is 20.8 Å². The Morgan fingerprint density at radius 3 is 2.04 bits per heavy atom. The zero-order valence-corrected chi connectivity index (χ0v) is 16.0. The van der Waals surface area contributed by atoms with Crippen molar-refractivity contribution in [2.75, 3.05) is 19.8 Å². The van der Waals surface area contributed by atoms with Crippen LogP contribution < -0.4 is 0 Å². The first-order valence-corrected chi connectivity index (χ1v) is 9.65. The van der Waals surface area contributed by atoms with Gasteiger partial charge in [-0.2, -0.15) is 0 Å². The molecular weight excluding hydrogens is 320 g/mol. The van der Waals surface area contributed by atoms with Gasteiger partial charge in [0, 0.05) is 0 Å². The van der Waals surface area contributed by atoms with Crippen molar-refractivity contribution in [1.29, 1.82) is 0 Å². The van der Waals surface area contributed by atoms with Crippen molar-refractivity contribution in [1.82, 2.24) is 0 Å². The monoisotopic (exact) mass is 352 g/mol. The molecule has 142 valence electrons. The van der Waals surface area contributed by atoms with Crippen LogP contribution in [0.25, 0.3) is 0 Å². The average molecular weight is 352 g/mol. The molecule has 4 bridgehead atoms. The molecule has 0 amide bonds. The molecule has 0 spiro atoms. The van der Waals surface area contributed by atoms with Gasteiger partial charge in [0.25, 0.3) is 0 Å². The fourth-order valence-electron chi connectivity index (χ4n) is 5.13. The quantitative estimate of drug-likeness (QED) is 0.542. The van der Waals surface area contributed by atoms with E-state index in [1.165, 1.54) is 32.1 Å². The number of hydrogen-bond donors (Lipinski definition) is 0. The molecule has 0 aromatic rings. The summed E-state index contributed by atoms with van der Waals surface area (Å²) >= 11 is 0. The van der Waals surface area contributed by atoms with Crippen LogP contribution in [0.5, 0.6) is 0 Å². The van der Waals surface area contributed by atoms with Gasteiger partial charge < -0.3 is 14.2 Å². The van der Waals surface area contributed by atoms with Gasteiger partial charge in [0.1, 0.15) is 18.8 Å². The second-order valence-electron chi connectivity index (χ2n) is 9.40. The molecule has 0 N–H and O–H groups in total. The van der Waals surface area contributed by atoms with Gasteiger partial charge in [0.2, 0.25) is 0 Å². The molecular formula is C20H32O5. The summed E-state index contributed by atoms with van der Waals surface area (Å²) in [5, 5.41) is 0. The Bertz CT molecular complexity index is 491. The van der Waals surface area contributed by atoms with E-state index in [0.717, 1.165) is 11.8 Å². The zero-order valence-electron chi connectivity index (χ0n) is 16.0. The second kappa shape index (κ2) is 6.90. The van der Waals surface area contributed by atoms with E-state index in [4.69, 9.17) is 14.2 Å². The topological polar surface area (TPSA) is 61.8 Å². The van der Waals surface area contributed by atoms with Crippen molar-refractivity contribution >= 4 is 11.9 Å². The molecule has 0 aromatic carbocycles. The van der Waals surface area contributed by atoms with Gasteiger partial charge >= 0.3 is 11.9 Å². The minimum absolute atomic E-state index is 0.0744. The van der Waals surface area contributed by atoms with Gasteiger partial charge in [-0.15, -0.1) is 0 Å². The predicted molar refractivity (Wildman–Crippen MR) is 92.8 cm³/mol. The highest BCUT2D eigenvalue weighted by Gasteiger charge is 2.56. The molecule has 5 heteroatoms. The molecule has 0 saturated heterocycles. The number of ether oxygens (including phenoxy) is 3. The number of hydrogen-bond acceptors (Lipinski definition) is 5. The van der Waals surface area contributed by atoms with E-state index in [0.29, 0.717) is 11.8 Å². The first-order chi connectivity index (χ1) is 11.7. The largest absolute Gasteiger partial charge is 0.463 e. The van der Waals surface area contributed by atoms with Crippen LogP contribution >= 0.6 is 0 Å². The molecule has 0 aliphatic heterocycles. The molecule has 4 fully saturated rings. The average Bonchev–Trinajstić information content (AvgIpc) is 2.50. The first-order valence-electron chi connectivity index (χ1n) is 9.65. The summed E-state index contributed by atoms with van der Waals surface area (Å²) in [6, 6.07) is 0. The summed E-state index contributed by atoms with van der Waals surface area (Å²) in [5.41, 5.74) is -0.834. The summed E-state index contributed by atoms with van der Waals surface area (Å²) in [7, 11) is 0. The van der Waals surface area contributed by atoms with E-state index >= 15 is 0 Å². The van der Waals surface area contributed by atoms with Gasteiger partial charge in [-0.25, -0.2) is 4.79 Å². The normalized spacial score (nSPS) is 36.3. The summed E-state index contributed by atoms with van der Waals surface area (Å²) in [6.45, 7) is 7.84. The summed E-state index contributed by atoms with van der Waals surface area (Å²) in [5.74, 6) is 2.17. The minimum Gasteiger partial charge on any atom is -0.463 e. The fourth-order valence-corrected chi connectivity index (χ4v) is 5.13.